The molecule has 0 aliphatic carbocycles. The van der Waals surface area contributed by atoms with Gasteiger partial charge in [0.1, 0.15) is 0 Å². The maximum Gasteiger partial charge on any atom is 0.338 e. The Morgan fingerprint density at radius 3 is 2.50 bits per heavy atom. The van der Waals surface area contributed by atoms with Crippen molar-refractivity contribution in [3.63, 3.8) is 0 Å². The molecule has 0 fully saturated rings. The average molecular weight is 250 g/mol. The third kappa shape index (κ3) is 3.15. The lowest BCUT2D eigenvalue weighted by Gasteiger charge is -2.28. The first-order valence-electron chi connectivity index (χ1n) is 6.34. The maximum atomic E-state index is 11.6. The van der Waals surface area contributed by atoms with Crippen LogP contribution in [-0.4, -0.2) is 25.2 Å². The van der Waals surface area contributed by atoms with E-state index in [2.05, 4.69) is 25.7 Å². The molecule has 1 aromatic rings. The van der Waals surface area contributed by atoms with Crippen molar-refractivity contribution in [1.82, 2.24) is 0 Å². The van der Waals surface area contributed by atoms with Crippen molar-refractivity contribution >= 4 is 17.3 Å². The molecule has 0 saturated heterocycles. The summed E-state index contributed by atoms with van der Waals surface area (Å²) in [5.41, 5.74) is 8.08. The quantitative estimate of drug-likeness (QED) is 0.645. The van der Waals surface area contributed by atoms with Gasteiger partial charge in [-0.3, -0.25) is 0 Å². The molecule has 4 heteroatoms. The largest absolute Gasteiger partial charge is 0.462 e. The monoisotopic (exact) mass is 250 g/mol. The Labute approximate surface area is 109 Å². The topological polar surface area (TPSA) is 55.6 Å². The number of hydrogen-bond donors (Lipinski definition) is 1. The van der Waals surface area contributed by atoms with Gasteiger partial charge in [-0.2, -0.15) is 0 Å². The third-order valence-corrected chi connectivity index (χ3v) is 2.81. The fraction of sp³-hybridized carbons (Fsp3) is 0.500. The highest BCUT2D eigenvalue weighted by Gasteiger charge is 2.14. The molecular formula is C14H22N2O2. The van der Waals surface area contributed by atoms with Crippen molar-refractivity contribution in [2.45, 2.75) is 33.7 Å². The molecule has 0 saturated carbocycles. The SMILES string of the molecule is CCOC(=O)c1ccc(N(CC)C(C)C)c(N)c1. The highest BCUT2D eigenvalue weighted by molar-refractivity contribution is 5.92. The number of nitrogen functional groups attached to an aromatic ring is 1. The van der Waals surface area contributed by atoms with Gasteiger partial charge >= 0.3 is 5.97 Å². The van der Waals surface area contributed by atoms with Crippen LogP contribution in [0.1, 0.15) is 38.1 Å². The molecule has 0 radical (unpaired) electrons. The molecule has 0 heterocycles. The van der Waals surface area contributed by atoms with Crippen molar-refractivity contribution in [3.8, 4) is 0 Å². The van der Waals surface area contributed by atoms with Gasteiger partial charge < -0.3 is 15.4 Å². The number of esters is 1. The zero-order valence-electron chi connectivity index (χ0n) is 11.6. The van der Waals surface area contributed by atoms with Gasteiger partial charge in [-0.1, -0.05) is 0 Å². The van der Waals surface area contributed by atoms with Gasteiger partial charge in [0.05, 0.1) is 23.5 Å². The molecular weight excluding hydrogens is 228 g/mol. The van der Waals surface area contributed by atoms with Crippen LogP contribution in [0, 0.1) is 0 Å². The highest BCUT2D eigenvalue weighted by Crippen LogP contribution is 2.26. The summed E-state index contributed by atoms with van der Waals surface area (Å²) in [6, 6.07) is 5.68. The van der Waals surface area contributed by atoms with E-state index in [9.17, 15) is 4.79 Å². The van der Waals surface area contributed by atoms with Crippen molar-refractivity contribution in [2.75, 3.05) is 23.8 Å². The fourth-order valence-electron chi connectivity index (χ4n) is 1.97. The van der Waals surface area contributed by atoms with E-state index >= 15 is 0 Å². The first-order chi connectivity index (χ1) is 8.51. The molecule has 0 aliphatic rings. The molecule has 0 spiro atoms. The Bertz CT molecular complexity index is 416. The molecule has 4 nitrogen and oxygen atoms in total. The van der Waals surface area contributed by atoms with Crippen LogP contribution >= 0.6 is 0 Å². The molecule has 0 aliphatic heterocycles. The predicted octanol–water partition coefficient (Wildman–Crippen LogP) is 2.68. The smallest absolute Gasteiger partial charge is 0.338 e. The van der Waals surface area contributed by atoms with E-state index in [0.717, 1.165) is 12.2 Å². The van der Waals surface area contributed by atoms with Crippen LogP contribution in [0.5, 0.6) is 0 Å². The summed E-state index contributed by atoms with van der Waals surface area (Å²) in [5, 5.41) is 0. The van der Waals surface area contributed by atoms with Crippen LogP contribution in [0.2, 0.25) is 0 Å². The predicted molar refractivity (Wildman–Crippen MR) is 75.0 cm³/mol. The Kier molecular flexibility index (Phi) is 5.01. The Balaban J connectivity index is 3.02. The van der Waals surface area contributed by atoms with Crippen molar-refractivity contribution in [1.29, 1.82) is 0 Å². The summed E-state index contributed by atoms with van der Waals surface area (Å²) in [5.74, 6) is -0.330. The molecule has 18 heavy (non-hydrogen) atoms. The number of benzene rings is 1. The van der Waals surface area contributed by atoms with E-state index < -0.39 is 0 Å². The summed E-state index contributed by atoms with van der Waals surface area (Å²) in [4.78, 5) is 13.8. The molecule has 2 N–H and O–H groups in total. The minimum atomic E-state index is -0.330. The van der Waals surface area contributed by atoms with E-state index in [-0.39, 0.29) is 5.97 Å². The average Bonchev–Trinajstić information content (AvgIpc) is 2.31. The second kappa shape index (κ2) is 6.28. The normalized spacial score (nSPS) is 10.5. The van der Waals surface area contributed by atoms with E-state index in [0.29, 0.717) is 23.9 Å². The molecule has 0 amide bonds. The first-order valence-corrected chi connectivity index (χ1v) is 6.34. The lowest BCUT2D eigenvalue weighted by atomic mass is 10.1. The van der Waals surface area contributed by atoms with Gasteiger partial charge in [0.15, 0.2) is 0 Å². The first kappa shape index (κ1) is 14.4. The van der Waals surface area contributed by atoms with Crippen LogP contribution in [0.25, 0.3) is 0 Å². The van der Waals surface area contributed by atoms with Gasteiger partial charge in [0, 0.05) is 12.6 Å². The van der Waals surface area contributed by atoms with E-state index in [1.54, 1.807) is 19.1 Å². The van der Waals surface area contributed by atoms with Crippen LogP contribution in [-0.2, 0) is 4.74 Å². The van der Waals surface area contributed by atoms with Gasteiger partial charge in [-0.05, 0) is 45.9 Å². The summed E-state index contributed by atoms with van der Waals surface area (Å²) in [7, 11) is 0. The van der Waals surface area contributed by atoms with Crippen LogP contribution < -0.4 is 10.6 Å². The molecule has 0 unspecified atom stereocenters. The van der Waals surface area contributed by atoms with Crippen LogP contribution in [0.3, 0.4) is 0 Å². The third-order valence-electron chi connectivity index (χ3n) is 2.81. The molecule has 100 valence electrons. The zero-order valence-corrected chi connectivity index (χ0v) is 11.6. The second-order valence-electron chi connectivity index (χ2n) is 4.37. The van der Waals surface area contributed by atoms with Gasteiger partial charge in [-0.25, -0.2) is 4.79 Å². The summed E-state index contributed by atoms with van der Waals surface area (Å²) < 4.78 is 4.95. The molecule has 0 bridgehead atoms. The highest BCUT2D eigenvalue weighted by atomic mass is 16.5. The Morgan fingerprint density at radius 2 is 2.06 bits per heavy atom. The maximum absolute atomic E-state index is 11.6. The summed E-state index contributed by atoms with van der Waals surface area (Å²) in [6.45, 7) is 9.34. The lowest BCUT2D eigenvalue weighted by molar-refractivity contribution is 0.0526. The lowest BCUT2D eigenvalue weighted by Crippen LogP contribution is -2.31. The number of hydrogen-bond acceptors (Lipinski definition) is 4. The minimum Gasteiger partial charge on any atom is -0.462 e. The van der Waals surface area contributed by atoms with E-state index in [4.69, 9.17) is 10.5 Å². The Hall–Kier alpha value is -1.71. The number of ether oxygens (including phenoxy) is 1. The van der Waals surface area contributed by atoms with Crippen LogP contribution in [0.15, 0.2) is 18.2 Å². The standard InChI is InChI=1S/C14H22N2O2/c1-5-16(10(3)4)13-8-7-11(9-12(13)15)14(17)18-6-2/h7-10H,5-6,15H2,1-4H3. The molecule has 1 aromatic carbocycles. The minimum absolute atomic E-state index is 0.330. The van der Waals surface area contributed by atoms with Gasteiger partial charge in [0.25, 0.3) is 0 Å². The van der Waals surface area contributed by atoms with Crippen molar-refractivity contribution in [3.05, 3.63) is 23.8 Å². The number of rotatable bonds is 5. The number of carbonyl (C=O) groups excluding carboxylic acids is 1. The molecule has 0 aromatic heterocycles. The second-order valence-corrected chi connectivity index (χ2v) is 4.37. The van der Waals surface area contributed by atoms with E-state index in [1.165, 1.54) is 0 Å². The van der Waals surface area contributed by atoms with Crippen molar-refractivity contribution in [2.24, 2.45) is 0 Å². The number of carbonyl (C=O) groups is 1. The molecule has 1 rings (SSSR count). The summed E-state index contributed by atoms with van der Waals surface area (Å²) >= 11 is 0. The fourth-order valence-corrected chi connectivity index (χ4v) is 1.97. The summed E-state index contributed by atoms with van der Waals surface area (Å²) in [6.07, 6.45) is 0. The number of nitrogens with zero attached hydrogens (tertiary/aromatic N) is 1. The Morgan fingerprint density at radius 1 is 1.39 bits per heavy atom. The van der Waals surface area contributed by atoms with E-state index in [1.807, 2.05) is 6.07 Å². The number of nitrogens with two attached hydrogens (primary N) is 1. The number of anilines is 2. The van der Waals surface area contributed by atoms with Gasteiger partial charge in [-0.15, -0.1) is 0 Å². The van der Waals surface area contributed by atoms with Crippen LogP contribution in [0.4, 0.5) is 11.4 Å². The van der Waals surface area contributed by atoms with Crippen molar-refractivity contribution < 1.29 is 9.53 Å². The zero-order chi connectivity index (χ0) is 13.7. The van der Waals surface area contributed by atoms with Gasteiger partial charge in [0.2, 0.25) is 0 Å². The molecule has 0 atom stereocenters.